The minimum absolute atomic E-state index is 0.0740. The molecule has 0 saturated carbocycles. The number of fused-ring (bicyclic) bond motifs is 3. The number of aromatic amines is 1. The first kappa shape index (κ1) is 18.2. The molecule has 3 heterocycles. The van der Waals surface area contributed by atoms with Gasteiger partial charge >= 0.3 is 0 Å². The molecule has 0 fully saturated rings. The van der Waals surface area contributed by atoms with E-state index in [1.807, 2.05) is 30.3 Å². The number of rotatable bonds is 3. The van der Waals surface area contributed by atoms with Gasteiger partial charge in [0.1, 0.15) is 0 Å². The third kappa shape index (κ3) is 2.66. The van der Waals surface area contributed by atoms with E-state index in [0.717, 1.165) is 21.5 Å². The molecule has 8 heteroatoms. The number of carbonyl (C=O) groups is 2. The lowest BCUT2D eigenvalue weighted by molar-refractivity contribution is 0.0926. The van der Waals surface area contributed by atoms with Gasteiger partial charge in [0, 0.05) is 22.7 Å². The topological polar surface area (TPSA) is 111 Å². The third-order valence-corrected chi connectivity index (χ3v) is 5.59. The van der Waals surface area contributed by atoms with E-state index in [-0.39, 0.29) is 12.4 Å². The Hall–Kier alpha value is -4.59. The fourth-order valence-corrected chi connectivity index (χ4v) is 4.03. The average molecular weight is 424 g/mol. The summed E-state index contributed by atoms with van der Waals surface area (Å²) >= 11 is 0. The molecular formula is C24H16N4O4. The summed E-state index contributed by atoms with van der Waals surface area (Å²) < 4.78 is 11.0. The number of nitrogens with two attached hydrogens (primary N) is 1. The van der Waals surface area contributed by atoms with Crippen molar-refractivity contribution < 1.29 is 19.1 Å². The second-order valence-corrected chi connectivity index (χ2v) is 7.50. The highest BCUT2D eigenvalue weighted by Crippen LogP contribution is 2.41. The van der Waals surface area contributed by atoms with Gasteiger partial charge in [-0.15, -0.1) is 0 Å². The van der Waals surface area contributed by atoms with Crippen LogP contribution in [0.25, 0.3) is 23.1 Å². The van der Waals surface area contributed by atoms with Gasteiger partial charge in [-0.05, 0) is 36.4 Å². The highest BCUT2D eigenvalue weighted by atomic mass is 16.7. The summed E-state index contributed by atoms with van der Waals surface area (Å²) in [5.41, 5.74) is 9.51. The number of ether oxygens (including phenoxy) is 2. The van der Waals surface area contributed by atoms with Crippen LogP contribution in [0.15, 0.2) is 54.6 Å². The standard InChI is InChI=1S/C24H16N4O4/c25-14-6-7-15-17(10-14)24(30)28(23(15)29)20-11-22-21(31-12-32-22)9-13(20)5-8-19-16-3-1-2-4-18(16)26-27-19/h1-11H,12,25H2,(H,26,27). The first-order chi connectivity index (χ1) is 15.6. The van der Waals surface area contributed by atoms with Crippen LogP contribution in [0.2, 0.25) is 0 Å². The molecule has 2 amide bonds. The molecule has 8 nitrogen and oxygen atoms in total. The SMILES string of the molecule is Nc1ccc2c(c1)C(=O)N(c1cc3c(cc1C=Cc1n[nH]c4ccccc14)OCO3)C2=O. The van der Waals surface area contributed by atoms with Crippen molar-refractivity contribution >= 4 is 46.2 Å². The molecule has 6 rings (SSSR count). The number of imide groups is 1. The van der Waals surface area contributed by atoms with E-state index in [1.165, 1.54) is 6.07 Å². The second-order valence-electron chi connectivity index (χ2n) is 7.50. The van der Waals surface area contributed by atoms with E-state index in [9.17, 15) is 9.59 Å². The van der Waals surface area contributed by atoms with Gasteiger partial charge in [0.05, 0.1) is 28.0 Å². The lowest BCUT2D eigenvalue weighted by Crippen LogP contribution is -2.30. The molecule has 156 valence electrons. The van der Waals surface area contributed by atoms with Crippen LogP contribution in [-0.2, 0) is 0 Å². The van der Waals surface area contributed by atoms with Gasteiger partial charge in [0.25, 0.3) is 11.8 Å². The molecule has 3 N–H and O–H groups in total. The number of para-hydroxylation sites is 1. The Bertz CT molecular complexity index is 1470. The minimum Gasteiger partial charge on any atom is -0.454 e. The molecule has 0 spiro atoms. The summed E-state index contributed by atoms with van der Waals surface area (Å²) in [5, 5.41) is 8.30. The molecule has 2 aliphatic heterocycles. The molecule has 4 aromatic rings. The van der Waals surface area contributed by atoms with Crippen molar-refractivity contribution in [2.75, 3.05) is 17.4 Å². The van der Waals surface area contributed by atoms with Crippen LogP contribution in [0.3, 0.4) is 0 Å². The van der Waals surface area contributed by atoms with Crippen molar-refractivity contribution in [1.82, 2.24) is 10.2 Å². The van der Waals surface area contributed by atoms with Crippen LogP contribution < -0.4 is 20.1 Å². The van der Waals surface area contributed by atoms with E-state index in [0.29, 0.717) is 34.0 Å². The Balaban J connectivity index is 1.47. The van der Waals surface area contributed by atoms with Gasteiger partial charge in [-0.25, -0.2) is 4.90 Å². The average Bonchev–Trinajstić information content (AvgIpc) is 3.48. The number of amides is 2. The Morgan fingerprint density at radius 2 is 1.72 bits per heavy atom. The number of aromatic nitrogens is 2. The van der Waals surface area contributed by atoms with E-state index < -0.39 is 11.8 Å². The van der Waals surface area contributed by atoms with E-state index in [4.69, 9.17) is 15.2 Å². The number of hydrogen-bond acceptors (Lipinski definition) is 6. The number of nitrogen functional groups attached to an aromatic ring is 1. The Morgan fingerprint density at radius 1 is 0.938 bits per heavy atom. The van der Waals surface area contributed by atoms with Crippen molar-refractivity contribution in [1.29, 1.82) is 0 Å². The fourth-order valence-electron chi connectivity index (χ4n) is 4.03. The Kier molecular flexibility index (Phi) is 3.82. The molecule has 32 heavy (non-hydrogen) atoms. The number of nitrogens with one attached hydrogen (secondary N) is 1. The third-order valence-electron chi connectivity index (χ3n) is 5.59. The highest BCUT2D eigenvalue weighted by molar-refractivity contribution is 6.35. The van der Waals surface area contributed by atoms with Gasteiger partial charge in [0.15, 0.2) is 11.5 Å². The largest absolute Gasteiger partial charge is 0.454 e. The number of hydrogen-bond donors (Lipinski definition) is 2. The van der Waals surface area contributed by atoms with Crippen LogP contribution in [0, 0.1) is 0 Å². The lowest BCUT2D eigenvalue weighted by atomic mass is 10.1. The second kappa shape index (κ2) is 6.71. The maximum atomic E-state index is 13.2. The monoisotopic (exact) mass is 424 g/mol. The maximum absolute atomic E-state index is 13.2. The van der Waals surface area contributed by atoms with Gasteiger partial charge in [0.2, 0.25) is 6.79 Å². The predicted molar refractivity (Wildman–Crippen MR) is 120 cm³/mol. The fraction of sp³-hybridized carbons (Fsp3) is 0.0417. The van der Waals surface area contributed by atoms with Gasteiger partial charge in [-0.1, -0.05) is 24.3 Å². The summed E-state index contributed by atoms with van der Waals surface area (Å²) in [7, 11) is 0. The molecule has 0 atom stereocenters. The number of carbonyl (C=O) groups excluding carboxylic acids is 2. The normalized spacial score (nSPS) is 14.7. The van der Waals surface area contributed by atoms with Crippen molar-refractivity contribution in [2.24, 2.45) is 0 Å². The quantitative estimate of drug-likeness (QED) is 0.382. The smallest absolute Gasteiger partial charge is 0.266 e. The Morgan fingerprint density at radius 3 is 2.59 bits per heavy atom. The van der Waals surface area contributed by atoms with Crippen molar-refractivity contribution in [2.45, 2.75) is 0 Å². The first-order valence-electron chi connectivity index (χ1n) is 9.93. The molecule has 0 unspecified atom stereocenters. The maximum Gasteiger partial charge on any atom is 0.266 e. The number of anilines is 2. The number of H-pyrrole nitrogens is 1. The van der Waals surface area contributed by atoms with Gasteiger partial charge in [-0.2, -0.15) is 5.10 Å². The molecule has 0 radical (unpaired) electrons. The minimum atomic E-state index is -0.434. The summed E-state index contributed by atoms with van der Waals surface area (Å²) in [6.45, 7) is 0.0740. The van der Waals surface area contributed by atoms with E-state index >= 15 is 0 Å². The van der Waals surface area contributed by atoms with Crippen LogP contribution in [0.1, 0.15) is 32.0 Å². The van der Waals surface area contributed by atoms with E-state index in [1.54, 1.807) is 30.3 Å². The molecular weight excluding hydrogens is 408 g/mol. The van der Waals surface area contributed by atoms with E-state index in [2.05, 4.69) is 10.2 Å². The van der Waals surface area contributed by atoms with Crippen LogP contribution in [0.5, 0.6) is 11.5 Å². The predicted octanol–water partition coefficient (Wildman–Crippen LogP) is 3.84. The first-order valence-corrected chi connectivity index (χ1v) is 9.93. The highest BCUT2D eigenvalue weighted by Gasteiger charge is 2.38. The van der Waals surface area contributed by atoms with Crippen LogP contribution >= 0.6 is 0 Å². The summed E-state index contributed by atoms with van der Waals surface area (Å²) in [4.78, 5) is 27.4. The molecule has 0 aliphatic carbocycles. The van der Waals surface area contributed by atoms with Crippen LogP contribution in [-0.4, -0.2) is 28.8 Å². The summed E-state index contributed by atoms with van der Waals surface area (Å²) in [6, 6.07) is 15.9. The molecule has 0 bridgehead atoms. The van der Waals surface area contributed by atoms with Gasteiger partial charge in [-0.3, -0.25) is 14.7 Å². The van der Waals surface area contributed by atoms with Gasteiger partial charge < -0.3 is 15.2 Å². The van der Waals surface area contributed by atoms with Crippen molar-refractivity contribution in [3.63, 3.8) is 0 Å². The van der Waals surface area contributed by atoms with Crippen molar-refractivity contribution in [3.8, 4) is 11.5 Å². The number of benzene rings is 3. The molecule has 0 saturated heterocycles. The number of nitrogens with zero attached hydrogens (tertiary/aromatic N) is 2. The molecule has 1 aromatic heterocycles. The zero-order valence-corrected chi connectivity index (χ0v) is 16.7. The summed E-state index contributed by atoms with van der Waals surface area (Å²) in [6.07, 6.45) is 3.63. The molecule has 2 aliphatic rings. The zero-order chi connectivity index (χ0) is 21.8. The van der Waals surface area contributed by atoms with Crippen molar-refractivity contribution in [3.05, 3.63) is 77.0 Å². The Labute approximate surface area is 181 Å². The zero-order valence-electron chi connectivity index (χ0n) is 16.7. The molecule has 3 aromatic carbocycles. The van der Waals surface area contributed by atoms with Crippen LogP contribution in [0.4, 0.5) is 11.4 Å². The lowest BCUT2D eigenvalue weighted by Gasteiger charge is -2.17. The summed E-state index contributed by atoms with van der Waals surface area (Å²) in [5.74, 6) is 0.166.